The second-order valence-electron chi connectivity index (χ2n) is 11.2. The molecular weight excluding hydrogens is 457 g/mol. The maximum atomic E-state index is 11.2. The molecule has 0 heterocycles. The Bertz CT molecular complexity index is 566. The molecule has 6 heteroatoms. The fraction of sp³-hybridized carbons (Fsp3) is 0.862. The van der Waals surface area contributed by atoms with Crippen molar-refractivity contribution in [3.8, 4) is 0 Å². The number of likely N-dealkylation sites (N-methyl/N-ethyl adjacent to an activating group) is 1. The largest absolute Gasteiger partial charge is 0.470 e. The van der Waals surface area contributed by atoms with Crippen molar-refractivity contribution in [3.63, 3.8) is 0 Å². The van der Waals surface area contributed by atoms with Crippen LogP contribution < -0.4 is 0 Å². The molecule has 1 atom stereocenters. The minimum atomic E-state index is -4.43. The van der Waals surface area contributed by atoms with Crippen molar-refractivity contribution in [1.29, 1.82) is 0 Å². The van der Waals surface area contributed by atoms with Gasteiger partial charge in [-0.25, -0.2) is 4.57 Å². The van der Waals surface area contributed by atoms with Crippen LogP contribution in [0.3, 0.4) is 0 Å². The standard InChI is InChI=1S/C29H58NO4P/c1-5-6-7-8-9-10-11-12-13-14-15-16-17-18-19-20-21-22-23-24-25-26-27-29(28-30(2,3)4)34-35(31,32)33/h12-13,21-22,29H,5-11,14-20,23-28H2,1-4H3,(H-,31,32,33)/p+1/b13-12-,22-21-. The Morgan fingerprint density at radius 2 is 1.03 bits per heavy atom. The minimum absolute atomic E-state index is 0.396. The highest BCUT2D eigenvalue weighted by Gasteiger charge is 2.26. The van der Waals surface area contributed by atoms with Crippen molar-refractivity contribution in [2.75, 3.05) is 27.7 Å². The molecular formula is C29H59NO4P+. The van der Waals surface area contributed by atoms with Gasteiger partial charge in [0, 0.05) is 0 Å². The first-order valence-electron chi connectivity index (χ1n) is 14.5. The van der Waals surface area contributed by atoms with E-state index in [1.165, 1.54) is 89.9 Å². The van der Waals surface area contributed by atoms with E-state index in [1.54, 1.807) is 0 Å². The molecule has 0 saturated carbocycles. The lowest BCUT2D eigenvalue weighted by atomic mass is 10.1. The maximum absolute atomic E-state index is 11.2. The van der Waals surface area contributed by atoms with E-state index < -0.39 is 13.9 Å². The van der Waals surface area contributed by atoms with Crippen molar-refractivity contribution in [1.82, 2.24) is 0 Å². The average Bonchev–Trinajstić information content (AvgIpc) is 2.75. The number of hydrogen-bond donors (Lipinski definition) is 2. The summed E-state index contributed by atoms with van der Waals surface area (Å²) in [6, 6.07) is 0. The van der Waals surface area contributed by atoms with Crippen LogP contribution in [0.5, 0.6) is 0 Å². The molecule has 0 aromatic heterocycles. The van der Waals surface area contributed by atoms with Gasteiger partial charge in [-0.05, 0) is 57.8 Å². The molecule has 0 saturated heterocycles. The van der Waals surface area contributed by atoms with E-state index in [2.05, 4.69) is 31.2 Å². The zero-order chi connectivity index (χ0) is 26.3. The third kappa shape index (κ3) is 29.7. The van der Waals surface area contributed by atoms with E-state index >= 15 is 0 Å². The Balaban J connectivity index is 3.53. The van der Waals surface area contributed by atoms with Gasteiger partial charge in [0.05, 0.1) is 21.1 Å². The molecule has 0 fully saturated rings. The first kappa shape index (κ1) is 34.6. The number of rotatable bonds is 25. The van der Waals surface area contributed by atoms with Gasteiger partial charge in [0.25, 0.3) is 0 Å². The van der Waals surface area contributed by atoms with Crippen LogP contribution in [0.15, 0.2) is 24.3 Å². The molecule has 0 aliphatic rings. The molecule has 0 aliphatic carbocycles. The molecule has 208 valence electrons. The Hall–Kier alpha value is -0.450. The maximum Gasteiger partial charge on any atom is 0.470 e. The summed E-state index contributed by atoms with van der Waals surface area (Å²) in [4.78, 5) is 18.3. The zero-order valence-corrected chi connectivity index (χ0v) is 24.5. The minimum Gasteiger partial charge on any atom is -0.329 e. The number of phosphoric ester groups is 1. The van der Waals surface area contributed by atoms with Gasteiger partial charge in [-0.3, -0.25) is 4.52 Å². The SMILES string of the molecule is CCCCCCCC/C=C\CCCCCCC/C=C\CCCCCC(C[N+](C)(C)C)OP(=O)(O)O. The Morgan fingerprint density at radius 3 is 1.40 bits per heavy atom. The van der Waals surface area contributed by atoms with Crippen molar-refractivity contribution in [3.05, 3.63) is 24.3 Å². The van der Waals surface area contributed by atoms with E-state index in [0.29, 0.717) is 17.4 Å². The molecule has 0 spiro atoms. The highest BCUT2D eigenvalue weighted by atomic mass is 31.2. The second kappa shape index (κ2) is 22.7. The van der Waals surface area contributed by atoms with Crippen molar-refractivity contribution >= 4 is 7.82 Å². The Kier molecular flexibility index (Phi) is 22.4. The lowest BCUT2D eigenvalue weighted by molar-refractivity contribution is -0.873. The first-order chi connectivity index (χ1) is 16.6. The first-order valence-corrected chi connectivity index (χ1v) is 16.0. The number of quaternary nitrogens is 1. The summed E-state index contributed by atoms with van der Waals surface area (Å²) in [5.41, 5.74) is 0. The Morgan fingerprint density at radius 1 is 0.657 bits per heavy atom. The molecule has 0 aliphatic heterocycles. The number of nitrogens with zero attached hydrogens (tertiary/aromatic N) is 1. The van der Waals surface area contributed by atoms with Crippen LogP contribution in [-0.4, -0.2) is 48.1 Å². The summed E-state index contributed by atoms with van der Waals surface area (Å²) < 4.78 is 16.8. The summed E-state index contributed by atoms with van der Waals surface area (Å²) in [7, 11) is 1.60. The van der Waals surface area contributed by atoms with E-state index in [1.807, 2.05) is 21.1 Å². The fourth-order valence-corrected chi connectivity index (χ4v) is 4.92. The molecule has 0 aromatic carbocycles. The molecule has 0 amide bonds. The van der Waals surface area contributed by atoms with Gasteiger partial charge >= 0.3 is 7.82 Å². The van der Waals surface area contributed by atoms with Crippen LogP contribution in [0.1, 0.15) is 129 Å². The van der Waals surface area contributed by atoms with Crippen LogP contribution in [0, 0.1) is 0 Å². The lowest BCUT2D eigenvalue weighted by Crippen LogP contribution is -2.42. The summed E-state index contributed by atoms with van der Waals surface area (Å²) in [5, 5.41) is 0. The van der Waals surface area contributed by atoms with Gasteiger partial charge in [0.2, 0.25) is 0 Å². The van der Waals surface area contributed by atoms with Gasteiger partial charge < -0.3 is 14.3 Å². The van der Waals surface area contributed by atoms with Gasteiger partial charge in [0.1, 0.15) is 12.6 Å². The second-order valence-corrected chi connectivity index (χ2v) is 12.4. The monoisotopic (exact) mass is 516 g/mol. The fourth-order valence-electron chi connectivity index (χ4n) is 4.36. The summed E-state index contributed by atoms with van der Waals surface area (Å²) >= 11 is 0. The van der Waals surface area contributed by atoms with E-state index in [-0.39, 0.29) is 0 Å². The Labute approximate surface area is 218 Å². The normalized spacial score (nSPS) is 13.9. The summed E-state index contributed by atoms with van der Waals surface area (Å²) in [5.74, 6) is 0. The van der Waals surface area contributed by atoms with Crippen LogP contribution in [0.2, 0.25) is 0 Å². The van der Waals surface area contributed by atoms with E-state index in [0.717, 1.165) is 25.7 Å². The number of phosphoric acid groups is 1. The quantitative estimate of drug-likeness (QED) is 0.0551. The molecule has 0 rings (SSSR count). The van der Waals surface area contributed by atoms with Gasteiger partial charge in [-0.2, -0.15) is 0 Å². The third-order valence-electron chi connectivity index (χ3n) is 6.23. The van der Waals surface area contributed by atoms with Crippen LogP contribution in [0.25, 0.3) is 0 Å². The number of hydrogen-bond acceptors (Lipinski definition) is 2. The van der Waals surface area contributed by atoms with Crippen molar-refractivity contribution in [2.45, 2.75) is 135 Å². The topological polar surface area (TPSA) is 66.8 Å². The third-order valence-corrected chi connectivity index (χ3v) is 6.81. The lowest BCUT2D eigenvalue weighted by Gasteiger charge is -2.29. The smallest absolute Gasteiger partial charge is 0.329 e. The van der Waals surface area contributed by atoms with E-state index in [9.17, 15) is 4.57 Å². The average molecular weight is 517 g/mol. The number of allylic oxidation sites excluding steroid dienone is 4. The van der Waals surface area contributed by atoms with Crippen LogP contribution >= 0.6 is 7.82 Å². The van der Waals surface area contributed by atoms with Crippen molar-refractivity contribution in [2.24, 2.45) is 0 Å². The summed E-state index contributed by atoms with van der Waals surface area (Å²) in [6.45, 7) is 2.87. The van der Waals surface area contributed by atoms with Gasteiger partial charge in [0.15, 0.2) is 0 Å². The van der Waals surface area contributed by atoms with Crippen LogP contribution in [-0.2, 0) is 9.09 Å². The molecule has 0 bridgehead atoms. The molecule has 35 heavy (non-hydrogen) atoms. The molecule has 0 radical (unpaired) electrons. The number of unbranched alkanes of at least 4 members (excludes halogenated alkanes) is 15. The van der Waals surface area contributed by atoms with Gasteiger partial charge in [-0.1, -0.05) is 95.4 Å². The zero-order valence-electron chi connectivity index (χ0n) is 23.6. The molecule has 0 aromatic rings. The predicted octanol–water partition coefficient (Wildman–Crippen LogP) is 8.71. The highest BCUT2D eigenvalue weighted by molar-refractivity contribution is 7.46. The van der Waals surface area contributed by atoms with Crippen LogP contribution in [0.4, 0.5) is 0 Å². The summed E-state index contributed by atoms with van der Waals surface area (Å²) in [6.07, 6.45) is 32.6. The predicted molar refractivity (Wildman–Crippen MR) is 151 cm³/mol. The highest BCUT2D eigenvalue weighted by Crippen LogP contribution is 2.39. The molecule has 5 nitrogen and oxygen atoms in total. The molecule has 1 unspecified atom stereocenters. The van der Waals surface area contributed by atoms with Crippen molar-refractivity contribution < 1.29 is 23.4 Å². The van der Waals surface area contributed by atoms with E-state index in [4.69, 9.17) is 14.3 Å². The molecule has 2 N–H and O–H groups in total. The van der Waals surface area contributed by atoms with Gasteiger partial charge in [-0.15, -0.1) is 0 Å².